The molecular weight excluding hydrogens is 242 g/mol. The van der Waals surface area contributed by atoms with Gasteiger partial charge < -0.3 is 14.6 Å². The van der Waals surface area contributed by atoms with E-state index in [9.17, 15) is 5.11 Å². The van der Waals surface area contributed by atoms with Gasteiger partial charge in [0.25, 0.3) is 0 Å². The Labute approximate surface area is 112 Å². The van der Waals surface area contributed by atoms with Crippen LogP contribution in [0.4, 0.5) is 0 Å². The molecule has 1 aromatic carbocycles. The number of aromatic nitrogens is 1. The molecule has 0 aliphatic heterocycles. The predicted octanol–water partition coefficient (Wildman–Crippen LogP) is 2.67. The molecule has 0 amide bonds. The Balaban J connectivity index is 2.13. The van der Waals surface area contributed by atoms with Gasteiger partial charge in [-0.3, -0.25) is 4.98 Å². The smallest absolute Gasteiger partial charge is 0.183 e. The number of methoxy groups -OCH3 is 2. The fraction of sp³-hybridized carbons (Fsp3) is 0.267. The third kappa shape index (κ3) is 3.30. The third-order valence-corrected chi connectivity index (χ3v) is 2.92. The number of hydrogen-bond acceptors (Lipinski definition) is 4. The van der Waals surface area contributed by atoms with Crippen LogP contribution in [0.25, 0.3) is 0 Å². The van der Waals surface area contributed by atoms with E-state index in [-0.39, 0.29) is 12.0 Å². The Morgan fingerprint density at radius 1 is 1.11 bits per heavy atom. The van der Waals surface area contributed by atoms with Crippen LogP contribution in [0, 0.1) is 0 Å². The van der Waals surface area contributed by atoms with Crippen molar-refractivity contribution in [2.24, 2.45) is 0 Å². The summed E-state index contributed by atoms with van der Waals surface area (Å²) in [6, 6.07) is 11.2. The first-order valence-electron chi connectivity index (χ1n) is 6.02. The molecule has 0 spiro atoms. The van der Waals surface area contributed by atoms with Gasteiger partial charge in [-0.15, -0.1) is 0 Å². The summed E-state index contributed by atoms with van der Waals surface area (Å²) in [6.07, 6.45) is 1.92. The second kappa shape index (κ2) is 6.31. The van der Waals surface area contributed by atoms with Crippen LogP contribution >= 0.6 is 0 Å². The first kappa shape index (κ1) is 13.5. The summed E-state index contributed by atoms with van der Waals surface area (Å²) in [4.78, 5) is 4.16. The van der Waals surface area contributed by atoms with Crippen molar-refractivity contribution in [2.45, 2.75) is 12.7 Å². The minimum atomic E-state index is -0.350. The summed E-state index contributed by atoms with van der Waals surface area (Å²) in [7, 11) is 3.21. The van der Waals surface area contributed by atoms with E-state index >= 15 is 0 Å². The SMILES string of the molecule is COC(OC)c1ccc(Cc2ncccc2O)cc1. The van der Waals surface area contributed by atoms with Gasteiger partial charge in [-0.05, 0) is 17.7 Å². The van der Waals surface area contributed by atoms with Crippen LogP contribution in [-0.4, -0.2) is 24.3 Å². The maximum Gasteiger partial charge on any atom is 0.183 e. The second-order valence-electron chi connectivity index (χ2n) is 4.19. The molecule has 0 aliphatic rings. The predicted molar refractivity (Wildman–Crippen MR) is 71.9 cm³/mol. The molecule has 2 aromatic rings. The van der Waals surface area contributed by atoms with Crippen molar-refractivity contribution in [1.82, 2.24) is 4.98 Å². The third-order valence-electron chi connectivity index (χ3n) is 2.92. The minimum Gasteiger partial charge on any atom is -0.506 e. The van der Waals surface area contributed by atoms with E-state index in [0.717, 1.165) is 11.1 Å². The number of aromatic hydroxyl groups is 1. The van der Waals surface area contributed by atoms with Gasteiger partial charge in [0.2, 0.25) is 0 Å². The molecule has 1 N–H and O–H groups in total. The first-order valence-corrected chi connectivity index (χ1v) is 6.02. The Hall–Kier alpha value is -1.91. The summed E-state index contributed by atoms with van der Waals surface area (Å²) >= 11 is 0. The highest BCUT2D eigenvalue weighted by atomic mass is 16.7. The standard InChI is InChI=1S/C15H17NO3/c1-18-15(19-2)12-7-5-11(6-8-12)10-13-14(17)4-3-9-16-13/h3-9,15,17H,10H2,1-2H3. The van der Waals surface area contributed by atoms with Crippen LogP contribution in [0.3, 0.4) is 0 Å². The van der Waals surface area contributed by atoms with Crippen molar-refractivity contribution in [3.8, 4) is 5.75 Å². The lowest BCUT2D eigenvalue weighted by Gasteiger charge is -2.14. The molecule has 100 valence electrons. The molecule has 4 heteroatoms. The van der Waals surface area contributed by atoms with Crippen molar-refractivity contribution in [2.75, 3.05) is 14.2 Å². The van der Waals surface area contributed by atoms with Gasteiger partial charge in [0.05, 0.1) is 5.69 Å². The fourth-order valence-electron chi connectivity index (χ4n) is 1.92. The van der Waals surface area contributed by atoms with Gasteiger partial charge in [0.1, 0.15) is 5.75 Å². The van der Waals surface area contributed by atoms with E-state index < -0.39 is 0 Å². The fourth-order valence-corrected chi connectivity index (χ4v) is 1.92. The molecule has 0 saturated heterocycles. The van der Waals surface area contributed by atoms with E-state index in [1.165, 1.54) is 0 Å². The highest BCUT2D eigenvalue weighted by Gasteiger charge is 2.09. The lowest BCUT2D eigenvalue weighted by molar-refractivity contribution is -0.106. The summed E-state index contributed by atoms with van der Waals surface area (Å²) in [5.41, 5.74) is 2.70. The highest BCUT2D eigenvalue weighted by Crippen LogP contribution is 2.20. The lowest BCUT2D eigenvalue weighted by Crippen LogP contribution is -2.03. The van der Waals surface area contributed by atoms with E-state index in [0.29, 0.717) is 12.1 Å². The zero-order valence-electron chi connectivity index (χ0n) is 11.0. The van der Waals surface area contributed by atoms with Crippen molar-refractivity contribution < 1.29 is 14.6 Å². The number of ether oxygens (including phenoxy) is 2. The largest absolute Gasteiger partial charge is 0.506 e. The van der Waals surface area contributed by atoms with Crippen LogP contribution in [0.15, 0.2) is 42.6 Å². The Morgan fingerprint density at radius 3 is 2.37 bits per heavy atom. The molecule has 0 fully saturated rings. The van der Waals surface area contributed by atoms with Crippen LogP contribution < -0.4 is 0 Å². The maximum atomic E-state index is 9.69. The van der Waals surface area contributed by atoms with E-state index in [2.05, 4.69) is 4.98 Å². The minimum absolute atomic E-state index is 0.221. The van der Waals surface area contributed by atoms with Gasteiger partial charge >= 0.3 is 0 Å². The average Bonchev–Trinajstić information content (AvgIpc) is 2.44. The van der Waals surface area contributed by atoms with Gasteiger partial charge in [0, 0.05) is 32.4 Å². The van der Waals surface area contributed by atoms with Crippen LogP contribution in [-0.2, 0) is 15.9 Å². The molecule has 0 radical (unpaired) electrons. The summed E-state index contributed by atoms with van der Waals surface area (Å²) < 4.78 is 10.4. The highest BCUT2D eigenvalue weighted by molar-refractivity contribution is 5.32. The van der Waals surface area contributed by atoms with E-state index in [4.69, 9.17) is 9.47 Å². The second-order valence-corrected chi connectivity index (χ2v) is 4.19. The number of benzene rings is 1. The molecule has 0 saturated carbocycles. The van der Waals surface area contributed by atoms with Crippen LogP contribution in [0.5, 0.6) is 5.75 Å². The molecule has 19 heavy (non-hydrogen) atoms. The van der Waals surface area contributed by atoms with Crippen molar-refractivity contribution >= 4 is 0 Å². The normalized spacial score (nSPS) is 10.9. The molecule has 0 bridgehead atoms. The first-order chi connectivity index (χ1) is 9.24. The van der Waals surface area contributed by atoms with Gasteiger partial charge in [0.15, 0.2) is 6.29 Å². The molecule has 0 atom stereocenters. The molecule has 4 nitrogen and oxygen atoms in total. The summed E-state index contributed by atoms with van der Waals surface area (Å²) in [6.45, 7) is 0. The molecular formula is C15H17NO3. The number of nitrogens with zero attached hydrogens (tertiary/aromatic N) is 1. The molecule has 1 aromatic heterocycles. The van der Waals surface area contributed by atoms with Crippen LogP contribution in [0.1, 0.15) is 23.1 Å². The van der Waals surface area contributed by atoms with Gasteiger partial charge in [-0.2, -0.15) is 0 Å². The van der Waals surface area contributed by atoms with Crippen molar-refractivity contribution in [3.63, 3.8) is 0 Å². The number of pyridine rings is 1. The zero-order valence-corrected chi connectivity index (χ0v) is 11.0. The van der Waals surface area contributed by atoms with Crippen LogP contribution in [0.2, 0.25) is 0 Å². The zero-order chi connectivity index (χ0) is 13.7. The molecule has 0 unspecified atom stereocenters. The van der Waals surface area contributed by atoms with Crippen molar-refractivity contribution in [1.29, 1.82) is 0 Å². The van der Waals surface area contributed by atoms with Crippen molar-refractivity contribution in [3.05, 3.63) is 59.4 Å². The Kier molecular flexibility index (Phi) is 4.49. The molecule has 2 rings (SSSR count). The lowest BCUT2D eigenvalue weighted by atomic mass is 10.1. The number of rotatable bonds is 5. The topological polar surface area (TPSA) is 51.6 Å². The number of hydrogen-bond donors (Lipinski definition) is 1. The van der Waals surface area contributed by atoms with E-state index in [1.807, 2.05) is 24.3 Å². The Bertz CT molecular complexity index is 521. The molecule has 0 aliphatic carbocycles. The van der Waals surface area contributed by atoms with E-state index in [1.54, 1.807) is 32.5 Å². The summed E-state index contributed by atoms with van der Waals surface area (Å²) in [5.74, 6) is 0.221. The average molecular weight is 259 g/mol. The van der Waals surface area contributed by atoms with Gasteiger partial charge in [-0.25, -0.2) is 0 Å². The Morgan fingerprint density at radius 2 is 1.79 bits per heavy atom. The molecule has 1 heterocycles. The quantitative estimate of drug-likeness (QED) is 0.839. The monoisotopic (exact) mass is 259 g/mol. The summed E-state index contributed by atoms with van der Waals surface area (Å²) in [5, 5.41) is 9.69. The van der Waals surface area contributed by atoms with Gasteiger partial charge in [-0.1, -0.05) is 24.3 Å². The maximum absolute atomic E-state index is 9.69.